The molecule has 144 valence electrons. The van der Waals surface area contributed by atoms with E-state index in [2.05, 4.69) is 66.2 Å². The Kier molecular flexibility index (Phi) is 6.17. The number of hydrogen-bond donors (Lipinski definition) is 1. The van der Waals surface area contributed by atoms with Crippen LogP contribution in [0.25, 0.3) is 0 Å². The molecule has 1 fully saturated rings. The number of nitrogens with zero attached hydrogens (tertiary/aromatic N) is 2. The highest BCUT2D eigenvalue weighted by atomic mass is 16.2. The van der Waals surface area contributed by atoms with E-state index in [0.717, 1.165) is 38.3 Å². The van der Waals surface area contributed by atoms with Crippen molar-refractivity contribution in [2.24, 2.45) is 0 Å². The lowest BCUT2D eigenvalue weighted by molar-refractivity contribution is -0.120. The summed E-state index contributed by atoms with van der Waals surface area (Å²) in [6.07, 6.45) is 1.01. The summed E-state index contributed by atoms with van der Waals surface area (Å²) in [5.74, 6) is 0.0689. The predicted molar refractivity (Wildman–Crippen MR) is 114 cm³/mol. The van der Waals surface area contributed by atoms with Crippen LogP contribution >= 0.6 is 0 Å². The second-order valence-corrected chi connectivity index (χ2v) is 7.46. The minimum atomic E-state index is -0.128. The first kappa shape index (κ1) is 19.4. The monoisotopic (exact) mass is 365 g/mol. The number of amides is 1. The number of benzene rings is 2. The van der Waals surface area contributed by atoms with Crippen molar-refractivity contribution < 1.29 is 4.79 Å². The van der Waals surface area contributed by atoms with Crippen LogP contribution in [0.3, 0.4) is 0 Å². The van der Waals surface area contributed by atoms with Gasteiger partial charge in [-0.2, -0.15) is 0 Å². The van der Waals surface area contributed by atoms with Gasteiger partial charge in [-0.3, -0.25) is 9.69 Å². The topological polar surface area (TPSA) is 35.6 Å². The molecule has 0 spiro atoms. The number of piperazine rings is 1. The molecule has 0 aromatic heterocycles. The quantitative estimate of drug-likeness (QED) is 0.869. The van der Waals surface area contributed by atoms with E-state index in [0.29, 0.717) is 0 Å². The van der Waals surface area contributed by atoms with Gasteiger partial charge in [0.05, 0.1) is 6.04 Å². The highest BCUT2D eigenvalue weighted by molar-refractivity contribution is 5.94. The smallest absolute Gasteiger partial charge is 0.241 e. The summed E-state index contributed by atoms with van der Waals surface area (Å²) >= 11 is 0. The van der Waals surface area contributed by atoms with Gasteiger partial charge in [-0.15, -0.1) is 0 Å². The molecular weight excluding hydrogens is 334 g/mol. The Hall–Kier alpha value is -2.33. The van der Waals surface area contributed by atoms with Crippen molar-refractivity contribution in [3.05, 3.63) is 59.2 Å². The summed E-state index contributed by atoms with van der Waals surface area (Å²) in [5, 5.41) is 3.06. The van der Waals surface area contributed by atoms with Crippen LogP contribution in [0, 0.1) is 13.8 Å². The zero-order valence-corrected chi connectivity index (χ0v) is 17.0. The molecule has 27 heavy (non-hydrogen) atoms. The number of aryl methyl sites for hydroxylation is 2. The Morgan fingerprint density at radius 2 is 1.70 bits per heavy atom. The van der Waals surface area contributed by atoms with E-state index in [1.165, 1.54) is 22.4 Å². The molecule has 0 radical (unpaired) electrons. The van der Waals surface area contributed by atoms with Gasteiger partial charge in [0.15, 0.2) is 0 Å². The molecule has 4 heteroatoms. The minimum absolute atomic E-state index is 0.0689. The minimum Gasteiger partial charge on any atom is -0.369 e. The average molecular weight is 366 g/mol. The second-order valence-electron chi connectivity index (χ2n) is 7.46. The van der Waals surface area contributed by atoms with E-state index in [4.69, 9.17) is 0 Å². The SMILES string of the molecule is CCc1ccc(NC(=O)C(C)N2CCN(c3cccc(C)c3C)CC2)cc1. The molecule has 1 heterocycles. The zero-order chi connectivity index (χ0) is 19.4. The summed E-state index contributed by atoms with van der Waals surface area (Å²) in [4.78, 5) is 17.4. The second kappa shape index (κ2) is 8.57. The summed E-state index contributed by atoms with van der Waals surface area (Å²) in [6, 6.07) is 14.5. The molecule has 4 nitrogen and oxygen atoms in total. The van der Waals surface area contributed by atoms with Crippen molar-refractivity contribution in [3.63, 3.8) is 0 Å². The van der Waals surface area contributed by atoms with E-state index in [1.807, 2.05) is 19.1 Å². The van der Waals surface area contributed by atoms with E-state index in [9.17, 15) is 4.79 Å². The number of hydrogen-bond acceptors (Lipinski definition) is 3. The fourth-order valence-electron chi connectivity index (χ4n) is 3.66. The summed E-state index contributed by atoms with van der Waals surface area (Å²) < 4.78 is 0. The molecule has 1 atom stereocenters. The van der Waals surface area contributed by atoms with Crippen molar-refractivity contribution in [2.45, 2.75) is 40.2 Å². The van der Waals surface area contributed by atoms with E-state index >= 15 is 0 Å². The molecule has 0 saturated carbocycles. The first-order chi connectivity index (χ1) is 13.0. The van der Waals surface area contributed by atoms with E-state index < -0.39 is 0 Å². The Bertz CT molecular complexity index is 777. The maximum atomic E-state index is 12.7. The fourth-order valence-corrected chi connectivity index (χ4v) is 3.66. The van der Waals surface area contributed by atoms with Gasteiger partial charge in [-0.05, 0) is 62.1 Å². The lowest BCUT2D eigenvalue weighted by atomic mass is 10.1. The van der Waals surface area contributed by atoms with Gasteiger partial charge < -0.3 is 10.2 Å². The molecule has 2 aromatic rings. The summed E-state index contributed by atoms with van der Waals surface area (Å²) in [5.41, 5.74) is 6.16. The Labute approximate surface area is 163 Å². The maximum absolute atomic E-state index is 12.7. The first-order valence-electron chi connectivity index (χ1n) is 9.94. The lowest BCUT2D eigenvalue weighted by Gasteiger charge is -2.39. The highest BCUT2D eigenvalue weighted by Gasteiger charge is 2.26. The summed E-state index contributed by atoms with van der Waals surface area (Å²) in [7, 11) is 0. The zero-order valence-electron chi connectivity index (χ0n) is 17.0. The van der Waals surface area contributed by atoms with E-state index in [1.54, 1.807) is 0 Å². The molecule has 1 aliphatic heterocycles. The maximum Gasteiger partial charge on any atom is 0.241 e. The van der Waals surface area contributed by atoms with Crippen LogP contribution in [0.5, 0.6) is 0 Å². The van der Waals surface area contributed by atoms with Gasteiger partial charge in [-0.1, -0.05) is 31.2 Å². The Morgan fingerprint density at radius 3 is 2.33 bits per heavy atom. The third-order valence-corrected chi connectivity index (χ3v) is 5.79. The Morgan fingerprint density at radius 1 is 1.04 bits per heavy atom. The van der Waals surface area contributed by atoms with Crippen molar-refractivity contribution >= 4 is 17.3 Å². The van der Waals surface area contributed by atoms with Crippen molar-refractivity contribution in [1.82, 2.24) is 4.90 Å². The van der Waals surface area contributed by atoms with Crippen LogP contribution < -0.4 is 10.2 Å². The first-order valence-corrected chi connectivity index (χ1v) is 9.94. The van der Waals surface area contributed by atoms with Crippen LogP contribution in [-0.4, -0.2) is 43.0 Å². The average Bonchev–Trinajstić information content (AvgIpc) is 2.70. The van der Waals surface area contributed by atoms with Gasteiger partial charge in [0, 0.05) is 37.6 Å². The third-order valence-electron chi connectivity index (χ3n) is 5.79. The van der Waals surface area contributed by atoms with Gasteiger partial charge in [0.25, 0.3) is 0 Å². The van der Waals surface area contributed by atoms with Crippen LogP contribution in [0.4, 0.5) is 11.4 Å². The number of anilines is 2. The van der Waals surface area contributed by atoms with Gasteiger partial charge in [-0.25, -0.2) is 0 Å². The van der Waals surface area contributed by atoms with Crippen LogP contribution in [0.15, 0.2) is 42.5 Å². The summed E-state index contributed by atoms with van der Waals surface area (Å²) in [6.45, 7) is 12.2. The van der Waals surface area contributed by atoms with Crippen molar-refractivity contribution in [1.29, 1.82) is 0 Å². The number of carbonyl (C=O) groups excluding carboxylic acids is 1. The molecule has 0 aliphatic carbocycles. The molecule has 1 N–H and O–H groups in total. The van der Waals surface area contributed by atoms with Crippen LogP contribution in [-0.2, 0) is 11.2 Å². The lowest BCUT2D eigenvalue weighted by Crippen LogP contribution is -2.53. The molecule has 3 rings (SSSR count). The number of rotatable bonds is 5. The van der Waals surface area contributed by atoms with Gasteiger partial charge in [0.1, 0.15) is 0 Å². The fraction of sp³-hybridized carbons (Fsp3) is 0.435. The van der Waals surface area contributed by atoms with Crippen molar-refractivity contribution in [3.8, 4) is 0 Å². The van der Waals surface area contributed by atoms with Gasteiger partial charge in [0.2, 0.25) is 5.91 Å². The molecule has 1 unspecified atom stereocenters. The van der Waals surface area contributed by atoms with Crippen LogP contribution in [0.2, 0.25) is 0 Å². The van der Waals surface area contributed by atoms with Gasteiger partial charge >= 0.3 is 0 Å². The van der Waals surface area contributed by atoms with Crippen molar-refractivity contribution in [2.75, 3.05) is 36.4 Å². The highest BCUT2D eigenvalue weighted by Crippen LogP contribution is 2.24. The Balaban J connectivity index is 1.56. The normalized spacial score (nSPS) is 16.2. The number of carbonyl (C=O) groups is 1. The molecule has 1 aliphatic rings. The molecule has 2 aromatic carbocycles. The van der Waals surface area contributed by atoms with E-state index in [-0.39, 0.29) is 11.9 Å². The van der Waals surface area contributed by atoms with Crippen LogP contribution in [0.1, 0.15) is 30.5 Å². The molecule has 0 bridgehead atoms. The standard InChI is InChI=1S/C23H31N3O/c1-5-20-9-11-21(12-10-20)24-23(27)19(4)25-13-15-26(16-14-25)22-8-6-7-17(2)18(22)3/h6-12,19H,5,13-16H2,1-4H3,(H,24,27). The molecule has 1 amide bonds. The molecular formula is C23H31N3O. The third kappa shape index (κ3) is 4.51. The predicted octanol–water partition coefficient (Wildman–Crippen LogP) is 4.02. The largest absolute Gasteiger partial charge is 0.369 e. The molecule has 1 saturated heterocycles. The number of nitrogens with one attached hydrogen (secondary N) is 1.